The van der Waals surface area contributed by atoms with E-state index in [1.165, 1.54) is 0 Å². The Kier molecular flexibility index (Phi) is 8.21. The Morgan fingerprint density at radius 2 is 1.78 bits per heavy atom. The predicted octanol–water partition coefficient (Wildman–Crippen LogP) is 5.53. The van der Waals surface area contributed by atoms with Gasteiger partial charge in [-0.25, -0.2) is 14.5 Å². The van der Waals surface area contributed by atoms with Gasteiger partial charge in [-0.2, -0.15) is 10.1 Å². The van der Waals surface area contributed by atoms with Crippen LogP contribution in [0.2, 0.25) is 0 Å². The van der Waals surface area contributed by atoms with Gasteiger partial charge in [-0.3, -0.25) is 5.32 Å². The van der Waals surface area contributed by atoms with Crippen molar-refractivity contribution in [3.63, 3.8) is 0 Å². The van der Waals surface area contributed by atoms with Gasteiger partial charge in [-0.15, -0.1) is 0 Å². The maximum Gasteiger partial charge on any atom is 0.320 e. The molecule has 1 saturated heterocycles. The zero-order valence-electron chi connectivity index (χ0n) is 24.3. The Bertz CT molecular complexity index is 1500. The summed E-state index contributed by atoms with van der Waals surface area (Å²) in [5.74, 6) is 2.30. The highest BCUT2D eigenvalue weighted by Gasteiger charge is 2.22. The van der Waals surface area contributed by atoms with Gasteiger partial charge in [0, 0.05) is 48.4 Å². The molecule has 1 fully saturated rings. The molecule has 10 nitrogen and oxygen atoms in total. The lowest BCUT2D eigenvalue weighted by atomic mass is 9.92. The molecule has 1 aliphatic heterocycles. The zero-order valence-corrected chi connectivity index (χ0v) is 24.3. The number of urea groups is 1. The number of aryl methyl sites for hydroxylation is 2. The number of hydrogen-bond donors (Lipinski definition) is 2. The summed E-state index contributed by atoms with van der Waals surface area (Å²) in [7, 11) is 0. The van der Waals surface area contributed by atoms with Crippen LogP contribution in [0, 0.1) is 13.8 Å². The molecule has 3 heterocycles. The van der Waals surface area contributed by atoms with E-state index < -0.39 is 0 Å². The van der Waals surface area contributed by atoms with E-state index in [-0.39, 0.29) is 18.0 Å². The minimum absolute atomic E-state index is 0.181. The van der Waals surface area contributed by atoms with Crippen LogP contribution in [-0.4, -0.2) is 52.1 Å². The van der Waals surface area contributed by atoms with E-state index in [1.54, 1.807) is 10.9 Å². The molecule has 0 unspecified atom stereocenters. The molecule has 2 amide bonds. The number of para-hydroxylation sites is 1. The lowest BCUT2D eigenvalue weighted by Gasteiger charge is -2.27. The second kappa shape index (κ2) is 12.0. The Labute approximate surface area is 240 Å². The second-order valence-corrected chi connectivity index (χ2v) is 11.2. The summed E-state index contributed by atoms with van der Waals surface area (Å²) in [6.45, 7) is 13.3. The average Bonchev–Trinajstić information content (AvgIpc) is 3.39. The maximum absolute atomic E-state index is 13.1. The summed E-state index contributed by atoms with van der Waals surface area (Å²) in [6, 6.07) is 17.2. The van der Waals surface area contributed by atoms with Crippen LogP contribution < -0.4 is 20.3 Å². The van der Waals surface area contributed by atoms with Gasteiger partial charge < -0.3 is 19.7 Å². The number of nitrogens with one attached hydrogen (secondary N) is 2. The molecule has 10 heteroatoms. The van der Waals surface area contributed by atoms with Gasteiger partial charge in [0.1, 0.15) is 11.6 Å². The first-order valence-corrected chi connectivity index (χ1v) is 13.8. The summed E-state index contributed by atoms with van der Waals surface area (Å²) < 4.78 is 13.5. The molecule has 1 aliphatic rings. The molecule has 0 spiro atoms. The number of benzene rings is 2. The normalized spacial score (nSPS) is 13.6. The zero-order chi connectivity index (χ0) is 29.0. The number of carbonyl (C=O) groups is 1. The standard InChI is InChI=1S/C31H37N7O3/c1-21-10-12-24(13-11-21)38-27(18-26(36-38)31(3,4)5)34-30(39)33-20-23-8-6-7-9-25(23)41-28-22(2)19-32-29(35-28)37-14-16-40-17-15-37/h6-13,18-19H,14-17,20H2,1-5H3,(H2,33,34,39). The van der Waals surface area contributed by atoms with E-state index in [0.717, 1.165) is 41.2 Å². The first-order chi connectivity index (χ1) is 19.7. The van der Waals surface area contributed by atoms with Gasteiger partial charge in [0.2, 0.25) is 11.8 Å². The van der Waals surface area contributed by atoms with Crippen molar-refractivity contribution in [3.8, 4) is 17.3 Å². The molecule has 2 aromatic carbocycles. The van der Waals surface area contributed by atoms with Crippen LogP contribution in [0.3, 0.4) is 0 Å². The molecule has 0 saturated carbocycles. The number of nitrogens with zero attached hydrogens (tertiary/aromatic N) is 5. The number of hydrogen-bond acceptors (Lipinski definition) is 7. The molecular weight excluding hydrogens is 518 g/mol. The van der Waals surface area contributed by atoms with E-state index in [2.05, 4.69) is 46.3 Å². The smallest absolute Gasteiger partial charge is 0.320 e. The first kappa shape index (κ1) is 28.1. The van der Waals surface area contributed by atoms with E-state index in [1.807, 2.05) is 68.4 Å². The molecule has 0 atom stereocenters. The van der Waals surface area contributed by atoms with Gasteiger partial charge in [0.25, 0.3) is 0 Å². The summed E-state index contributed by atoms with van der Waals surface area (Å²) in [5, 5.41) is 10.7. The Morgan fingerprint density at radius 3 is 2.51 bits per heavy atom. The van der Waals surface area contributed by atoms with Crippen LogP contribution in [0.15, 0.2) is 60.8 Å². The predicted molar refractivity (Wildman–Crippen MR) is 159 cm³/mol. The number of anilines is 2. The van der Waals surface area contributed by atoms with Gasteiger partial charge >= 0.3 is 6.03 Å². The number of rotatable bonds is 7. The third-order valence-corrected chi connectivity index (χ3v) is 6.82. The highest BCUT2D eigenvalue weighted by atomic mass is 16.5. The van der Waals surface area contributed by atoms with Crippen molar-refractivity contribution in [1.82, 2.24) is 25.1 Å². The van der Waals surface area contributed by atoms with Crippen molar-refractivity contribution in [3.05, 3.63) is 83.2 Å². The third-order valence-electron chi connectivity index (χ3n) is 6.82. The molecule has 0 aliphatic carbocycles. The van der Waals surface area contributed by atoms with E-state index in [4.69, 9.17) is 14.6 Å². The Balaban J connectivity index is 1.30. The van der Waals surface area contributed by atoms with Crippen molar-refractivity contribution in [2.75, 3.05) is 36.5 Å². The van der Waals surface area contributed by atoms with E-state index >= 15 is 0 Å². The molecule has 0 bridgehead atoms. The minimum atomic E-state index is -0.346. The quantitative estimate of drug-likeness (QED) is 0.309. The number of aromatic nitrogens is 4. The second-order valence-electron chi connectivity index (χ2n) is 11.2. The van der Waals surface area contributed by atoms with Crippen LogP contribution in [0.1, 0.15) is 43.2 Å². The van der Waals surface area contributed by atoms with Gasteiger partial charge in [-0.05, 0) is 32.0 Å². The molecule has 214 valence electrons. The Morgan fingerprint density at radius 1 is 1.05 bits per heavy atom. The fraction of sp³-hybridized carbons (Fsp3) is 0.355. The van der Waals surface area contributed by atoms with Gasteiger partial charge in [0.05, 0.1) is 24.6 Å². The SMILES string of the molecule is Cc1ccc(-n2nc(C(C)(C)C)cc2NC(=O)NCc2ccccc2Oc2nc(N3CCOCC3)ncc2C)cc1. The Hall–Kier alpha value is -4.44. The summed E-state index contributed by atoms with van der Waals surface area (Å²) in [6.07, 6.45) is 1.77. The fourth-order valence-corrected chi connectivity index (χ4v) is 4.35. The summed E-state index contributed by atoms with van der Waals surface area (Å²) in [4.78, 5) is 24.3. The van der Waals surface area contributed by atoms with Crippen molar-refractivity contribution in [1.29, 1.82) is 0 Å². The topological polar surface area (TPSA) is 106 Å². The molecule has 2 aromatic heterocycles. The van der Waals surface area contributed by atoms with Crippen LogP contribution in [0.4, 0.5) is 16.6 Å². The number of amides is 2. The number of morpholine rings is 1. The summed E-state index contributed by atoms with van der Waals surface area (Å²) in [5.41, 5.74) is 4.36. The molecule has 0 radical (unpaired) electrons. The largest absolute Gasteiger partial charge is 0.438 e. The molecule has 41 heavy (non-hydrogen) atoms. The number of carbonyl (C=O) groups excluding carboxylic acids is 1. The van der Waals surface area contributed by atoms with Crippen LogP contribution in [-0.2, 0) is 16.7 Å². The molecular formula is C31H37N7O3. The average molecular weight is 556 g/mol. The number of ether oxygens (including phenoxy) is 2. The lowest BCUT2D eigenvalue weighted by molar-refractivity contribution is 0.122. The minimum Gasteiger partial charge on any atom is -0.438 e. The van der Waals surface area contributed by atoms with Crippen molar-refractivity contribution >= 4 is 17.8 Å². The molecule has 4 aromatic rings. The first-order valence-electron chi connectivity index (χ1n) is 13.8. The fourth-order valence-electron chi connectivity index (χ4n) is 4.35. The van der Waals surface area contributed by atoms with Crippen LogP contribution in [0.25, 0.3) is 5.69 Å². The highest BCUT2D eigenvalue weighted by molar-refractivity contribution is 5.88. The van der Waals surface area contributed by atoms with Crippen LogP contribution >= 0.6 is 0 Å². The monoisotopic (exact) mass is 555 g/mol. The van der Waals surface area contributed by atoms with Crippen LogP contribution in [0.5, 0.6) is 11.6 Å². The maximum atomic E-state index is 13.1. The van der Waals surface area contributed by atoms with Gasteiger partial charge in [0.15, 0.2) is 0 Å². The molecule has 5 rings (SSSR count). The van der Waals surface area contributed by atoms with E-state index in [9.17, 15) is 4.79 Å². The lowest BCUT2D eigenvalue weighted by Crippen LogP contribution is -2.37. The summed E-state index contributed by atoms with van der Waals surface area (Å²) >= 11 is 0. The van der Waals surface area contributed by atoms with Gasteiger partial charge in [-0.1, -0.05) is 56.7 Å². The van der Waals surface area contributed by atoms with Crippen molar-refractivity contribution in [2.45, 2.75) is 46.6 Å². The highest BCUT2D eigenvalue weighted by Crippen LogP contribution is 2.29. The van der Waals surface area contributed by atoms with Crippen molar-refractivity contribution < 1.29 is 14.3 Å². The molecule has 2 N–H and O–H groups in total. The van der Waals surface area contributed by atoms with E-state index in [0.29, 0.717) is 36.6 Å². The third kappa shape index (κ3) is 6.83. The van der Waals surface area contributed by atoms with Crippen molar-refractivity contribution in [2.24, 2.45) is 0 Å².